The number of carbonyl (C=O) groups is 3. The van der Waals surface area contributed by atoms with Crippen LogP contribution >= 0.6 is 7.82 Å². The van der Waals surface area contributed by atoms with E-state index < -0.39 is 57.8 Å². The maximum absolute atomic E-state index is 12.9. The van der Waals surface area contributed by atoms with Gasteiger partial charge in [0.05, 0.1) is 19.8 Å². The lowest BCUT2D eigenvalue weighted by molar-refractivity contribution is -0.161. The van der Waals surface area contributed by atoms with Crippen LogP contribution in [-0.4, -0.2) is 66.5 Å². The van der Waals surface area contributed by atoms with Crippen molar-refractivity contribution < 1.29 is 52.2 Å². The van der Waals surface area contributed by atoms with Crippen LogP contribution < -0.4 is 0 Å². The Labute approximate surface area is 464 Å². The monoisotopic (exact) mass is 1090 g/mol. The largest absolute Gasteiger partial charge is 0.472 e. The van der Waals surface area contributed by atoms with E-state index in [0.717, 1.165) is 103 Å². The molecule has 0 saturated carbocycles. The topological polar surface area (TPSA) is 155 Å². The quantitative estimate of drug-likeness (QED) is 0.0197. The first kappa shape index (κ1) is 72.7. The SMILES string of the molecule is CC/C=C\C/C=C\C/C=C\C/C=C\CCCCC(=O)OC(CO)COP(=O)(O)OCC(COC(=O)CCCCCCC/C=C\C/C=C\CCCCC)OC(=O)CCCCCCCCCCC/C=C\CCCCCCCC. The molecule has 0 bridgehead atoms. The van der Waals surface area contributed by atoms with Crippen molar-refractivity contribution in [2.75, 3.05) is 26.4 Å². The molecular formula is C64H111O11P. The first-order chi connectivity index (χ1) is 37.2. The number of rotatable bonds is 56. The molecule has 0 saturated heterocycles. The van der Waals surface area contributed by atoms with Crippen LogP contribution in [0.4, 0.5) is 0 Å². The van der Waals surface area contributed by atoms with E-state index in [4.69, 9.17) is 23.3 Å². The molecule has 0 aromatic rings. The van der Waals surface area contributed by atoms with E-state index in [1.54, 1.807) is 0 Å². The second kappa shape index (κ2) is 57.8. The summed E-state index contributed by atoms with van der Waals surface area (Å²) in [5.41, 5.74) is 0. The summed E-state index contributed by atoms with van der Waals surface area (Å²) in [6, 6.07) is 0. The number of carbonyl (C=O) groups excluding carboxylic acids is 3. The molecule has 0 aromatic heterocycles. The van der Waals surface area contributed by atoms with Gasteiger partial charge in [0.25, 0.3) is 0 Å². The van der Waals surface area contributed by atoms with Gasteiger partial charge in [-0.05, 0) is 116 Å². The van der Waals surface area contributed by atoms with Gasteiger partial charge in [0.1, 0.15) is 12.7 Å². The lowest BCUT2D eigenvalue weighted by Crippen LogP contribution is -2.30. The molecule has 2 N–H and O–H groups in total. The predicted octanol–water partition coefficient (Wildman–Crippen LogP) is 18.3. The summed E-state index contributed by atoms with van der Waals surface area (Å²) in [7, 11) is -4.77. The van der Waals surface area contributed by atoms with Crippen LogP contribution in [0.3, 0.4) is 0 Å². The van der Waals surface area contributed by atoms with Gasteiger partial charge < -0.3 is 24.2 Å². The Hall–Kier alpha value is -3.34. The van der Waals surface area contributed by atoms with Gasteiger partial charge in [0.2, 0.25) is 0 Å². The number of aliphatic hydroxyl groups excluding tert-OH is 1. The summed E-state index contributed by atoms with van der Waals surface area (Å²) in [5.74, 6) is -1.52. The smallest absolute Gasteiger partial charge is 0.462 e. The first-order valence-electron chi connectivity index (χ1n) is 30.5. The number of esters is 3. The Morgan fingerprint density at radius 1 is 0.382 bits per heavy atom. The molecule has 0 aliphatic carbocycles. The number of ether oxygens (including phenoxy) is 3. The first-order valence-corrected chi connectivity index (χ1v) is 32.0. The summed E-state index contributed by atoms with van der Waals surface area (Å²) in [6.45, 7) is 4.45. The molecule has 0 rings (SSSR count). The number of phosphoric acid groups is 1. The summed E-state index contributed by atoms with van der Waals surface area (Å²) in [5, 5.41) is 9.82. The lowest BCUT2D eigenvalue weighted by Gasteiger charge is -2.21. The molecule has 0 aliphatic rings. The summed E-state index contributed by atoms with van der Waals surface area (Å²) in [4.78, 5) is 48.6. The molecule has 76 heavy (non-hydrogen) atoms. The number of hydrogen-bond donors (Lipinski definition) is 2. The third kappa shape index (κ3) is 55.4. The number of unbranched alkanes of at least 4 members (excludes halogenated alkanes) is 25. The van der Waals surface area contributed by atoms with Crippen molar-refractivity contribution in [3.05, 3.63) is 85.1 Å². The lowest BCUT2D eigenvalue weighted by atomic mass is 10.1. The third-order valence-corrected chi connectivity index (χ3v) is 13.7. The Bertz CT molecular complexity index is 1600. The van der Waals surface area contributed by atoms with E-state index >= 15 is 0 Å². The van der Waals surface area contributed by atoms with E-state index in [9.17, 15) is 28.9 Å². The van der Waals surface area contributed by atoms with Crippen molar-refractivity contribution in [1.29, 1.82) is 0 Å². The van der Waals surface area contributed by atoms with Gasteiger partial charge in [-0.15, -0.1) is 0 Å². The molecule has 0 fully saturated rings. The highest BCUT2D eigenvalue weighted by Crippen LogP contribution is 2.43. The van der Waals surface area contributed by atoms with Crippen LogP contribution in [0.5, 0.6) is 0 Å². The van der Waals surface area contributed by atoms with Crippen molar-refractivity contribution in [2.45, 2.75) is 277 Å². The Balaban J connectivity index is 4.77. The fraction of sp³-hybridized carbons (Fsp3) is 0.734. The normalized spacial score (nSPS) is 13.9. The number of hydrogen-bond acceptors (Lipinski definition) is 10. The zero-order valence-electron chi connectivity index (χ0n) is 48.5. The molecule has 0 radical (unpaired) electrons. The van der Waals surface area contributed by atoms with Gasteiger partial charge in [-0.25, -0.2) is 4.57 Å². The third-order valence-electron chi connectivity index (χ3n) is 12.8. The van der Waals surface area contributed by atoms with Gasteiger partial charge >= 0.3 is 25.7 Å². The highest BCUT2D eigenvalue weighted by Gasteiger charge is 2.28. The Morgan fingerprint density at radius 3 is 1.12 bits per heavy atom. The van der Waals surface area contributed by atoms with Crippen LogP contribution in [0.1, 0.15) is 265 Å². The molecular weight excluding hydrogens is 976 g/mol. The zero-order chi connectivity index (χ0) is 55.5. The standard InChI is InChI=1S/C64H111O11P/c1-4-7-10-13-16-19-22-25-28-29-30-31-34-37-40-43-46-49-52-55-64(68)75-61(57-71-62(66)53-50-47-44-41-38-35-32-26-23-20-17-14-11-8-5-2)59-73-76(69,70)72-58-60(56-65)74-63(67)54-51-48-45-42-39-36-33-27-24-21-18-15-12-9-6-3/h9,12,17-18,20-21,25-28,32-33,39,42,60-61,65H,4-8,10-11,13-16,19,22-24,29-31,34-38,40-41,43-59H2,1-3H3,(H,69,70)/b12-9-,20-17-,21-18-,28-25-,32-26-,33-27-,42-39-. The molecule has 438 valence electrons. The minimum Gasteiger partial charge on any atom is -0.462 e. The molecule has 11 nitrogen and oxygen atoms in total. The van der Waals surface area contributed by atoms with Gasteiger partial charge in [-0.3, -0.25) is 23.4 Å². The van der Waals surface area contributed by atoms with Crippen LogP contribution in [-0.2, 0) is 42.2 Å². The second-order valence-corrected chi connectivity index (χ2v) is 21.6. The maximum atomic E-state index is 12.9. The minimum absolute atomic E-state index is 0.122. The second-order valence-electron chi connectivity index (χ2n) is 20.1. The molecule has 0 heterocycles. The van der Waals surface area contributed by atoms with Gasteiger partial charge in [-0.1, -0.05) is 215 Å². The zero-order valence-corrected chi connectivity index (χ0v) is 49.3. The summed E-state index contributed by atoms with van der Waals surface area (Å²) < 4.78 is 39.5. The molecule has 3 atom stereocenters. The number of allylic oxidation sites excluding steroid dienone is 14. The average molecular weight is 1090 g/mol. The van der Waals surface area contributed by atoms with Crippen molar-refractivity contribution >= 4 is 25.7 Å². The van der Waals surface area contributed by atoms with Gasteiger partial charge in [0, 0.05) is 19.3 Å². The number of phosphoric ester groups is 1. The Kier molecular flexibility index (Phi) is 55.3. The van der Waals surface area contributed by atoms with E-state index in [0.29, 0.717) is 19.3 Å². The highest BCUT2D eigenvalue weighted by molar-refractivity contribution is 7.47. The molecule has 12 heteroatoms. The van der Waals surface area contributed by atoms with Crippen LogP contribution in [0.2, 0.25) is 0 Å². The van der Waals surface area contributed by atoms with Crippen molar-refractivity contribution in [3.63, 3.8) is 0 Å². The van der Waals surface area contributed by atoms with Crippen molar-refractivity contribution in [3.8, 4) is 0 Å². The van der Waals surface area contributed by atoms with Gasteiger partial charge in [0.15, 0.2) is 6.10 Å². The van der Waals surface area contributed by atoms with Crippen LogP contribution in [0.15, 0.2) is 85.1 Å². The maximum Gasteiger partial charge on any atom is 0.472 e. The highest BCUT2D eigenvalue weighted by atomic mass is 31.2. The van der Waals surface area contributed by atoms with E-state index in [1.165, 1.54) is 103 Å². The van der Waals surface area contributed by atoms with E-state index in [1.807, 2.05) is 0 Å². The average Bonchev–Trinajstić information content (AvgIpc) is 3.41. The molecule has 3 unspecified atom stereocenters. The van der Waals surface area contributed by atoms with E-state index in [2.05, 4.69) is 106 Å². The van der Waals surface area contributed by atoms with Crippen molar-refractivity contribution in [1.82, 2.24) is 0 Å². The van der Waals surface area contributed by atoms with E-state index in [-0.39, 0.29) is 25.9 Å². The van der Waals surface area contributed by atoms with Gasteiger partial charge in [-0.2, -0.15) is 0 Å². The van der Waals surface area contributed by atoms with Crippen LogP contribution in [0.25, 0.3) is 0 Å². The minimum atomic E-state index is -4.77. The fourth-order valence-electron chi connectivity index (χ4n) is 8.14. The molecule has 0 spiro atoms. The van der Waals surface area contributed by atoms with Crippen LogP contribution in [0, 0.1) is 0 Å². The Morgan fingerprint density at radius 2 is 0.684 bits per heavy atom. The summed E-state index contributed by atoms with van der Waals surface area (Å²) in [6.07, 6.45) is 66.8. The summed E-state index contributed by atoms with van der Waals surface area (Å²) >= 11 is 0. The molecule has 0 amide bonds. The number of aliphatic hydroxyl groups is 1. The predicted molar refractivity (Wildman–Crippen MR) is 316 cm³/mol. The van der Waals surface area contributed by atoms with Crippen molar-refractivity contribution in [2.24, 2.45) is 0 Å². The molecule has 0 aromatic carbocycles. The molecule has 0 aliphatic heterocycles. The fourth-order valence-corrected chi connectivity index (χ4v) is 8.92.